The first-order valence-electron chi connectivity index (χ1n) is 5.64. The van der Waals surface area contributed by atoms with Crippen molar-refractivity contribution < 1.29 is 13.2 Å². The third kappa shape index (κ3) is 2.64. The largest absolute Gasteiger partial charge is 0.203 e. The van der Waals surface area contributed by atoms with Crippen LogP contribution in [0.5, 0.6) is 0 Å². The molecule has 1 rings (SSSR count). The monoisotopic (exact) mass is 244 g/mol. The van der Waals surface area contributed by atoms with Crippen LogP contribution in [0.2, 0.25) is 0 Å². The summed E-state index contributed by atoms with van der Waals surface area (Å²) < 4.78 is 41.0. The van der Waals surface area contributed by atoms with E-state index in [0.717, 1.165) is 0 Å². The average Bonchev–Trinajstić information content (AvgIpc) is 2.10. The van der Waals surface area contributed by atoms with E-state index in [1.54, 1.807) is 41.5 Å². The number of hydrogen-bond acceptors (Lipinski definition) is 0. The Morgan fingerprint density at radius 2 is 0.941 bits per heavy atom. The van der Waals surface area contributed by atoms with Crippen LogP contribution in [0.1, 0.15) is 52.7 Å². The van der Waals surface area contributed by atoms with Crippen molar-refractivity contribution in [3.63, 3.8) is 0 Å². The van der Waals surface area contributed by atoms with Crippen LogP contribution in [-0.4, -0.2) is 0 Å². The third-order valence-electron chi connectivity index (χ3n) is 2.76. The SMILES string of the molecule is CC(C)(C)c1cc(C(C)(C)C)c(F)c(F)c1F. The lowest BCUT2D eigenvalue weighted by atomic mass is 9.80. The molecular formula is C14H19F3. The molecular weight excluding hydrogens is 225 g/mol. The predicted octanol–water partition coefficient (Wildman–Crippen LogP) is 4.70. The number of halogens is 3. The van der Waals surface area contributed by atoms with Gasteiger partial charge in [-0.1, -0.05) is 41.5 Å². The zero-order chi connectivity index (χ0) is 13.6. The maximum absolute atomic E-state index is 13.7. The maximum atomic E-state index is 13.7. The normalized spacial score (nSPS) is 13.0. The van der Waals surface area contributed by atoms with E-state index in [9.17, 15) is 13.2 Å². The van der Waals surface area contributed by atoms with Crippen molar-refractivity contribution in [1.82, 2.24) is 0 Å². The molecule has 17 heavy (non-hydrogen) atoms. The second kappa shape index (κ2) is 4.04. The van der Waals surface area contributed by atoms with Gasteiger partial charge in [0.05, 0.1) is 0 Å². The predicted molar refractivity (Wildman–Crippen MR) is 63.7 cm³/mol. The fourth-order valence-corrected chi connectivity index (χ4v) is 1.70. The van der Waals surface area contributed by atoms with Crippen LogP contribution in [0.4, 0.5) is 13.2 Å². The molecule has 0 N–H and O–H groups in total. The summed E-state index contributed by atoms with van der Waals surface area (Å²) in [5.41, 5.74) is -0.695. The summed E-state index contributed by atoms with van der Waals surface area (Å²) in [6.45, 7) is 10.6. The van der Waals surface area contributed by atoms with E-state index in [1.807, 2.05) is 0 Å². The summed E-state index contributed by atoms with van der Waals surface area (Å²) in [7, 11) is 0. The van der Waals surface area contributed by atoms with Crippen molar-refractivity contribution in [2.75, 3.05) is 0 Å². The first-order valence-corrected chi connectivity index (χ1v) is 5.64. The Hall–Kier alpha value is -0.990. The molecule has 0 unspecified atom stereocenters. The van der Waals surface area contributed by atoms with E-state index in [2.05, 4.69) is 0 Å². The third-order valence-corrected chi connectivity index (χ3v) is 2.76. The highest BCUT2D eigenvalue weighted by Gasteiger charge is 2.29. The highest BCUT2D eigenvalue weighted by atomic mass is 19.2. The van der Waals surface area contributed by atoms with E-state index in [4.69, 9.17) is 0 Å². The quantitative estimate of drug-likeness (QED) is 0.580. The van der Waals surface area contributed by atoms with Crippen LogP contribution in [0.3, 0.4) is 0 Å². The number of hydrogen-bond donors (Lipinski definition) is 0. The van der Waals surface area contributed by atoms with Crippen molar-refractivity contribution in [1.29, 1.82) is 0 Å². The van der Waals surface area contributed by atoms with E-state index in [-0.39, 0.29) is 11.1 Å². The molecule has 0 spiro atoms. The summed E-state index contributed by atoms with van der Waals surface area (Å²) in [4.78, 5) is 0. The molecule has 0 nitrogen and oxygen atoms in total. The molecule has 0 fully saturated rings. The van der Waals surface area contributed by atoms with E-state index in [1.165, 1.54) is 6.07 Å². The zero-order valence-electron chi connectivity index (χ0n) is 11.2. The summed E-state index contributed by atoms with van der Waals surface area (Å²) in [5, 5.41) is 0. The first-order chi connectivity index (χ1) is 7.46. The Kier molecular flexibility index (Phi) is 3.34. The highest BCUT2D eigenvalue weighted by Crippen LogP contribution is 2.34. The average molecular weight is 244 g/mol. The van der Waals surface area contributed by atoms with Crippen LogP contribution >= 0.6 is 0 Å². The Balaban J connectivity index is 3.63. The van der Waals surface area contributed by atoms with Gasteiger partial charge in [0.25, 0.3) is 0 Å². The minimum Gasteiger partial charge on any atom is -0.203 e. The van der Waals surface area contributed by atoms with Crippen molar-refractivity contribution in [3.05, 3.63) is 34.6 Å². The lowest BCUT2D eigenvalue weighted by molar-refractivity contribution is 0.404. The fourth-order valence-electron chi connectivity index (χ4n) is 1.70. The van der Waals surface area contributed by atoms with Crippen molar-refractivity contribution >= 4 is 0 Å². The molecule has 0 saturated carbocycles. The van der Waals surface area contributed by atoms with Crippen LogP contribution in [0.25, 0.3) is 0 Å². The topological polar surface area (TPSA) is 0 Å². The molecule has 0 saturated heterocycles. The molecule has 0 aliphatic carbocycles. The molecule has 1 aromatic rings. The summed E-state index contributed by atoms with van der Waals surface area (Å²) in [6.07, 6.45) is 0. The standard InChI is InChI=1S/C14H19F3/c1-13(2,3)8-7-9(14(4,5)6)11(16)12(17)10(8)15/h7H,1-6H3. The molecule has 0 aliphatic heterocycles. The van der Waals surface area contributed by atoms with Crippen LogP contribution in [-0.2, 0) is 10.8 Å². The Morgan fingerprint density at radius 1 is 0.647 bits per heavy atom. The molecule has 0 bridgehead atoms. The van der Waals surface area contributed by atoms with Crippen LogP contribution in [0.15, 0.2) is 6.07 Å². The van der Waals surface area contributed by atoms with E-state index in [0.29, 0.717) is 0 Å². The molecule has 0 amide bonds. The van der Waals surface area contributed by atoms with Crippen LogP contribution in [0, 0.1) is 17.5 Å². The van der Waals surface area contributed by atoms with Gasteiger partial charge in [0.1, 0.15) is 0 Å². The van der Waals surface area contributed by atoms with Crippen LogP contribution < -0.4 is 0 Å². The number of rotatable bonds is 0. The Labute approximate surface area is 101 Å². The second-order valence-corrected chi connectivity index (χ2v) is 6.41. The van der Waals surface area contributed by atoms with Gasteiger partial charge >= 0.3 is 0 Å². The molecule has 0 aromatic heterocycles. The molecule has 0 atom stereocenters. The van der Waals surface area contributed by atoms with Gasteiger partial charge in [-0.3, -0.25) is 0 Å². The molecule has 0 heterocycles. The molecule has 3 heteroatoms. The fraction of sp³-hybridized carbons (Fsp3) is 0.571. The summed E-state index contributed by atoms with van der Waals surface area (Å²) in [6, 6.07) is 1.44. The number of benzene rings is 1. The summed E-state index contributed by atoms with van der Waals surface area (Å²) >= 11 is 0. The second-order valence-electron chi connectivity index (χ2n) is 6.41. The van der Waals surface area contributed by atoms with Gasteiger partial charge in [0.15, 0.2) is 17.5 Å². The maximum Gasteiger partial charge on any atom is 0.194 e. The summed E-state index contributed by atoms with van der Waals surface area (Å²) in [5.74, 6) is -3.53. The van der Waals surface area contributed by atoms with Gasteiger partial charge in [0.2, 0.25) is 0 Å². The molecule has 1 aromatic carbocycles. The molecule has 0 aliphatic rings. The van der Waals surface area contributed by atoms with Gasteiger partial charge in [-0.25, -0.2) is 13.2 Å². The van der Waals surface area contributed by atoms with Gasteiger partial charge < -0.3 is 0 Å². The minimum atomic E-state index is -1.37. The van der Waals surface area contributed by atoms with Crippen molar-refractivity contribution in [2.45, 2.75) is 52.4 Å². The highest BCUT2D eigenvalue weighted by molar-refractivity contribution is 5.36. The van der Waals surface area contributed by atoms with Gasteiger partial charge in [-0.15, -0.1) is 0 Å². The molecule has 96 valence electrons. The van der Waals surface area contributed by atoms with E-state index >= 15 is 0 Å². The van der Waals surface area contributed by atoms with Crippen molar-refractivity contribution in [3.8, 4) is 0 Å². The first kappa shape index (κ1) is 14.1. The zero-order valence-corrected chi connectivity index (χ0v) is 11.2. The smallest absolute Gasteiger partial charge is 0.194 e. The van der Waals surface area contributed by atoms with Gasteiger partial charge in [-0.2, -0.15) is 0 Å². The Bertz CT molecular complexity index is 396. The molecule has 0 radical (unpaired) electrons. The van der Waals surface area contributed by atoms with E-state index < -0.39 is 28.3 Å². The Morgan fingerprint density at radius 3 is 1.18 bits per heavy atom. The van der Waals surface area contributed by atoms with Gasteiger partial charge in [0, 0.05) is 0 Å². The van der Waals surface area contributed by atoms with Crippen molar-refractivity contribution in [2.24, 2.45) is 0 Å². The lowest BCUT2D eigenvalue weighted by Gasteiger charge is -2.26. The minimum absolute atomic E-state index is 0.210. The lowest BCUT2D eigenvalue weighted by Crippen LogP contribution is -2.21. The van der Waals surface area contributed by atoms with Gasteiger partial charge in [-0.05, 0) is 28.0 Å².